The van der Waals surface area contributed by atoms with E-state index in [0.717, 1.165) is 11.0 Å². The van der Waals surface area contributed by atoms with E-state index in [4.69, 9.17) is 0 Å². The maximum Gasteiger partial charge on any atom is 0.332 e. The summed E-state index contributed by atoms with van der Waals surface area (Å²) in [4.78, 5) is 37.9. The molecule has 0 fully saturated rings. The van der Waals surface area contributed by atoms with Crippen molar-refractivity contribution in [3.8, 4) is 0 Å². The highest BCUT2D eigenvalue weighted by Gasteiger charge is 2.15. The van der Waals surface area contributed by atoms with Crippen LogP contribution in [-0.4, -0.2) is 18.7 Å². The summed E-state index contributed by atoms with van der Waals surface area (Å²) in [5.41, 5.74) is -0.741. The minimum Gasteiger partial charge on any atom is -0.291 e. The van der Waals surface area contributed by atoms with E-state index in [-0.39, 0.29) is 5.52 Å². The summed E-state index contributed by atoms with van der Waals surface area (Å²) in [6.07, 6.45) is 0.740. The topological polar surface area (TPSA) is 81.8 Å². The van der Waals surface area contributed by atoms with Gasteiger partial charge in [-0.25, -0.2) is 9.59 Å². The lowest BCUT2D eigenvalue weighted by Crippen LogP contribution is -2.38. The van der Waals surface area contributed by atoms with Crippen LogP contribution in [0.1, 0.15) is 13.3 Å². The molecular weight excluding hydrogens is 224 g/mol. The molecule has 0 radical (unpaired) electrons. The summed E-state index contributed by atoms with van der Waals surface area (Å²) in [5, 5.41) is 0. The van der Waals surface area contributed by atoms with E-state index in [1.54, 1.807) is 0 Å². The molecule has 0 atom stereocenters. The lowest BCUT2D eigenvalue weighted by atomic mass is 10.4. The van der Waals surface area contributed by atoms with Crippen LogP contribution < -0.4 is 16.9 Å². The van der Waals surface area contributed by atoms with Gasteiger partial charge >= 0.3 is 11.4 Å². The highest BCUT2D eigenvalue weighted by molar-refractivity contribution is 5.69. The van der Waals surface area contributed by atoms with Crippen molar-refractivity contribution in [2.24, 2.45) is 14.1 Å². The summed E-state index contributed by atoms with van der Waals surface area (Å²) in [6.45, 7) is 2.38. The van der Waals surface area contributed by atoms with Gasteiger partial charge in [0.1, 0.15) is 5.65 Å². The van der Waals surface area contributed by atoms with Gasteiger partial charge in [-0.3, -0.25) is 23.5 Å². The first-order valence-corrected chi connectivity index (χ1v) is 5.37. The number of hydrogen-bond donors (Lipinski definition) is 1. The molecule has 2 aromatic heterocycles. The van der Waals surface area contributed by atoms with Crippen molar-refractivity contribution in [3.63, 3.8) is 0 Å². The van der Waals surface area contributed by atoms with Crippen LogP contribution in [-0.2, 0) is 20.6 Å². The smallest absolute Gasteiger partial charge is 0.291 e. The number of nitrogens with one attached hydrogen (secondary N) is 1. The molecule has 0 aromatic carbocycles. The molecule has 0 aliphatic rings. The van der Waals surface area contributed by atoms with Gasteiger partial charge in [0.05, 0.1) is 0 Å². The van der Waals surface area contributed by atoms with Gasteiger partial charge in [-0.1, -0.05) is 6.92 Å². The van der Waals surface area contributed by atoms with Gasteiger partial charge < -0.3 is 0 Å². The number of nitrogens with zero attached hydrogens (tertiary/aromatic N) is 3. The third kappa shape index (κ3) is 1.46. The van der Waals surface area contributed by atoms with Crippen LogP contribution >= 0.6 is 0 Å². The fourth-order valence-electron chi connectivity index (χ4n) is 1.90. The van der Waals surface area contributed by atoms with Gasteiger partial charge in [0.15, 0.2) is 5.52 Å². The van der Waals surface area contributed by atoms with Crippen molar-refractivity contribution in [3.05, 3.63) is 31.3 Å². The summed E-state index contributed by atoms with van der Waals surface area (Å²) in [6, 6.07) is 0. The Balaban J connectivity index is 3.10. The number of aromatic nitrogens is 4. The Morgan fingerprint density at radius 2 is 1.76 bits per heavy atom. The fourth-order valence-corrected chi connectivity index (χ4v) is 1.90. The van der Waals surface area contributed by atoms with Crippen molar-refractivity contribution in [1.29, 1.82) is 0 Å². The van der Waals surface area contributed by atoms with Crippen LogP contribution in [0.5, 0.6) is 0 Å². The standard InChI is InChI=1S/C10H14N4O3/c1-4-5-14-7-6(12(2)9(16)11-7)8(15)13(3)10(14)17/h4-5H2,1-3H3,(H,11,16). The average Bonchev–Trinajstić information content (AvgIpc) is 2.59. The molecule has 0 saturated heterocycles. The Bertz CT molecular complexity index is 744. The molecule has 17 heavy (non-hydrogen) atoms. The number of rotatable bonds is 2. The molecule has 92 valence electrons. The maximum absolute atomic E-state index is 11.9. The summed E-state index contributed by atoms with van der Waals surface area (Å²) >= 11 is 0. The third-order valence-corrected chi connectivity index (χ3v) is 2.83. The molecule has 7 heteroatoms. The number of H-pyrrole nitrogens is 1. The van der Waals surface area contributed by atoms with Crippen LogP contribution in [0.4, 0.5) is 0 Å². The first-order valence-electron chi connectivity index (χ1n) is 5.37. The summed E-state index contributed by atoms with van der Waals surface area (Å²) in [7, 11) is 2.91. The molecule has 0 bridgehead atoms. The van der Waals surface area contributed by atoms with E-state index < -0.39 is 16.9 Å². The summed E-state index contributed by atoms with van der Waals surface area (Å²) < 4.78 is 3.66. The second-order valence-electron chi connectivity index (χ2n) is 3.98. The second-order valence-corrected chi connectivity index (χ2v) is 3.98. The van der Waals surface area contributed by atoms with E-state index in [0.29, 0.717) is 12.2 Å². The summed E-state index contributed by atoms with van der Waals surface area (Å²) in [5.74, 6) is 0. The molecule has 0 saturated carbocycles. The minimum atomic E-state index is -0.460. The Morgan fingerprint density at radius 3 is 2.35 bits per heavy atom. The van der Waals surface area contributed by atoms with Gasteiger partial charge in [0.25, 0.3) is 5.56 Å². The Kier molecular flexibility index (Phi) is 2.53. The fraction of sp³-hybridized carbons (Fsp3) is 0.500. The molecule has 0 aliphatic carbocycles. The van der Waals surface area contributed by atoms with Crippen LogP contribution in [0.3, 0.4) is 0 Å². The minimum absolute atomic E-state index is 0.227. The highest BCUT2D eigenvalue weighted by atomic mass is 16.2. The monoisotopic (exact) mass is 238 g/mol. The van der Waals surface area contributed by atoms with Crippen molar-refractivity contribution in [2.75, 3.05) is 0 Å². The van der Waals surface area contributed by atoms with Gasteiger partial charge in [0.2, 0.25) is 0 Å². The number of fused-ring (bicyclic) bond motifs is 1. The number of imidazole rings is 1. The van der Waals surface area contributed by atoms with E-state index >= 15 is 0 Å². The number of aromatic amines is 1. The maximum atomic E-state index is 11.9. The predicted octanol–water partition coefficient (Wildman–Crippen LogP) is -0.863. The first-order chi connectivity index (χ1) is 7.99. The molecule has 0 amide bonds. The molecule has 7 nitrogen and oxygen atoms in total. The average molecular weight is 238 g/mol. The van der Waals surface area contributed by atoms with E-state index in [9.17, 15) is 14.4 Å². The van der Waals surface area contributed by atoms with Crippen LogP contribution in [0.2, 0.25) is 0 Å². The zero-order valence-electron chi connectivity index (χ0n) is 9.98. The largest absolute Gasteiger partial charge is 0.332 e. The molecule has 0 unspecified atom stereocenters. The van der Waals surface area contributed by atoms with E-state index in [1.165, 1.54) is 23.2 Å². The molecule has 2 aromatic rings. The van der Waals surface area contributed by atoms with Gasteiger partial charge in [-0.2, -0.15) is 0 Å². The number of aryl methyl sites for hydroxylation is 2. The SMILES string of the molecule is CCCn1c(=O)n(C)c(=O)c2c1[nH]c(=O)n2C. The third-order valence-electron chi connectivity index (χ3n) is 2.83. The van der Waals surface area contributed by atoms with Gasteiger partial charge in [0, 0.05) is 20.6 Å². The molecule has 2 heterocycles. The van der Waals surface area contributed by atoms with Gasteiger partial charge in [-0.05, 0) is 6.42 Å². The highest BCUT2D eigenvalue weighted by Crippen LogP contribution is 2.01. The molecule has 1 N–H and O–H groups in total. The van der Waals surface area contributed by atoms with Crippen molar-refractivity contribution in [2.45, 2.75) is 19.9 Å². The molecule has 0 aliphatic heterocycles. The van der Waals surface area contributed by atoms with Gasteiger partial charge in [-0.15, -0.1) is 0 Å². The lowest BCUT2D eigenvalue weighted by Gasteiger charge is -2.07. The lowest BCUT2D eigenvalue weighted by molar-refractivity contribution is 0.610. The van der Waals surface area contributed by atoms with Crippen molar-refractivity contribution >= 4 is 11.2 Å². The van der Waals surface area contributed by atoms with Crippen LogP contribution in [0, 0.1) is 0 Å². The quantitative estimate of drug-likeness (QED) is 0.739. The molecule has 2 rings (SSSR count). The van der Waals surface area contributed by atoms with Crippen LogP contribution in [0.15, 0.2) is 14.4 Å². The van der Waals surface area contributed by atoms with Crippen molar-refractivity contribution < 1.29 is 0 Å². The molecule has 0 spiro atoms. The van der Waals surface area contributed by atoms with Crippen molar-refractivity contribution in [1.82, 2.24) is 18.7 Å². The zero-order chi connectivity index (χ0) is 12.7. The normalized spacial score (nSPS) is 11.2. The van der Waals surface area contributed by atoms with E-state index in [2.05, 4.69) is 4.98 Å². The predicted molar refractivity (Wildman–Crippen MR) is 63.3 cm³/mol. The second kappa shape index (κ2) is 3.76. The first kappa shape index (κ1) is 11.4. The van der Waals surface area contributed by atoms with E-state index in [1.807, 2.05) is 6.92 Å². The van der Waals surface area contributed by atoms with Crippen LogP contribution in [0.25, 0.3) is 11.2 Å². The Hall–Kier alpha value is -2.05. The Morgan fingerprint density at radius 1 is 1.12 bits per heavy atom. The molecular formula is C10H14N4O3. The Labute approximate surface area is 95.9 Å². The zero-order valence-corrected chi connectivity index (χ0v) is 9.98. The number of hydrogen-bond acceptors (Lipinski definition) is 3.